The molecular weight excluding hydrogens is 338 g/mol. The zero-order chi connectivity index (χ0) is 16.8. The summed E-state index contributed by atoms with van der Waals surface area (Å²) in [5, 5.41) is 4.19. The molecule has 3 rings (SSSR count). The quantitative estimate of drug-likeness (QED) is 0.750. The van der Waals surface area contributed by atoms with Gasteiger partial charge in [-0.2, -0.15) is 5.10 Å². The molecule has 138 valence electrons. The summed E-state index contributed by atoms with van der Waals surface area (Å²) in [6.45, 7) is 6.62. The Labute approximate surface area is 156 Å². The third-order valence-corrected chi connectivity index (χ3v) is 4.68. The maximum atomic E-state index is 5.48. The summed E-state index contributed by atoms with van der Waals surface area (Å²) in [5.74, 6) is 0.910. The van der Waals surface area contributed by atoms with E-state index in [1.165, 1.54) is 44.7 Å². The van der Waals surface area contributed by atoms with Crippen LogP contribution >= 0.6 is 12.4 Å². The topological polar surface area (TPSA) is 46.4 Å². The second-order valence-corrected chi connectivity index (χ2v) is 6.49. The molecule has 1 fully saturated rings. The smallest absolute Gasteiger partial charge is 0.137 e. The standard InChI is InChI=1S/C18H27N5O.ClH/c1-21-8-10-22(11-9-21)7-3-4-16-5-6-18(24-2)17(12-16)13-23-15-19-14-20-23;/h5-6,12,14-15H,3-4,7-11,13H2,1-2H3;1H. The van der Waals surface area contributed by atoms with Gasteiger partial charge in [0.25, 0.3) is 0 Å². The van der Waals surface area contributed by atoms with Crippen molar-refractivity contribution >= 4 is 12.4 Å². The molecule has 0 N–H and O–H groups in total. The first-order valence-corrected chi connectivity index (χ1v) is 8.63. The molecule has 0 bridgehead atoms. The van der Waals surface area contributed by atoms with Crippen molar-refractivity contribution in [2.75, 3.05) is 46.9 Å². The van der Waals surface area contributed by atoms with Crippen LogP contribution in [0.15, 0.2) is 30.9 Å². The molecule has 0 amide bonds. The molecule has 2 heterocycles. The van der Waals surface area contributed by atoms with Crippen LogP contribution in [-0.4, -0.2) is 71.4 Å². The number of likely N-dealkylation sites (N-methyl/N-ethyl adjacent to an activating group) is 1. The van der Waals surface area contributed by atoms with Crippen molar-refractivity contribution < 1.29 is 4.74 Å². The number of hydrogen-bond acceptors (Lipinski definition) is 5. The molecule has 0 unspecified atom stereocenters. The summed E-state index contributed by atoms with van der Waals surface area (Å²) in [7, 11) is 3.92. The number of methoxy groups -OCH3 is 1. The van der Waals surface area contributed by atoms with Crippen molar-refractivity contribution in [2.24, 2.45) is 0 Å². The van der Waals surface area contributed by atoms with Crippen LogP contribution in [0.3, 0.4) is 0 Å². The van der Waals surface area contributed by atoms with Crippen LogP contribution in [0, 0.1) is 0 Å². The number of aryl methyl sites for hydroxylation is 1. The fourth-order valence-electron chi connectivity index (χ4n) is 3.18. The minimum atomic E-state index is 0. The Morgan fingerprint density at radius 1 is 1.16 bits per heavy atom. The third kappa shape index (κ3) is 5.70. The van der Waals surface area contributed by atoms with Crippen LogP contribution < -0.4 is 4.74 Å². The highest BCUT2D eigenvalue weighted by Crippen LogP contribution is 2.21. The highest BCUT2D eigenvalue weighted by Gasteiger charge is 2.13. The molecule has 0 atom stereocenters. The number of rotatable bonds is 7. The van der Waals surface area contributed by atoms with Crippen molar-refractivity contribution in [3.63, 3.8) is 0 Å². The van der Waals surface area contributed by atoms with Crippen LogP contribution in [0.25, 0.3) is 0 Å². The largest absolute Gasteiger partial charge is 0.496 e. The van der Waals surface area contributed by atoms with Crippen molar-refractivity contribution in [2.45, 2.75) is 19.4 Å². The van der Waals surface area contributed by atoms with Gasteiger partial charge in [0, 0.05) is 31.7 Å². The lowest BCUT2D eigenvalue weighted by Gasteiger charge is -2.32. The van der Waals surface area contributed by atoms with E-state index in [1.807, 2.05) is 4.68 Å². The number of aromatic nitrogens is 3. The lowest BCUT2D eigenvalue weighted by Crippen LogP contribution is -2.44. The predicted molar refractivity (Wildman–Crippen MR) is 102 cm³/mol. The normalized spacial score (nSPS) is 15.8. The van der Waals surface area contributed by atoms with Gasteiger partial charge in [-0.15, -0.1) is 12.4 Å². The molecule has 1 aliphatic rings. The van der Waals surface area contributed by atoms with Gasteiger partial charge in [0.05, 0.1) is 13.7 Å². The van der Waals surface area contributed by atoms with Gasteiger partial charge in [-0.25, -0.2) is 9.67 Å². The van der Waals surface area contributed by atoms with Crippen molar-refractivity contribution in [1.82, 2.24) is 24.6 Å². The summed E-state index contributed by atoms with van der Waals surface area (Å²) in [6.07, 6.45) is 5.59. The van der Waals surface area contributed by atoms with E-state index >= 15 is 0 Å². The van der Waals surface area contributed by atoms with Gasteiger partial charge in [-0.05, 0) is 38.1 Å². The van der Waals surface area contributed by atoms with E-state index in [4.69, 9.17) is 4.74 Å². The van der Waals surface area contributed by atoms with Crippen molar-refractivity contribution in [3.8, 4) is 5.75 Å². The fraction of sp³-hybridized carbons (Fsp3) is 0.556. The number of nitrogens with zero attached hydrogens (tertiary/aromatic N) is 5. The van der Waals surface area contributed by atoms with Crippen LogP contribution in [0.4, 0.5) is 0 Å². The second kappa shape index (κ2) is 9.75. The lowest BCUT2D eigenvalue weighted by atomic mass is 10.0. The first-order valence-electron chi connectivity index (χ1n) is 8.63. The van der Waals surface area contributed by atoms with E-state index in [0.717, 1.165) is 17.7 Å². The maximum absolute atomic E-state index is 5.48. The Kier molecular flexibility index (Phi) is 7.68. The summed E-state index contributed by atoms with van der Waals surface area (Å²) in [6, 6.07) is 6.48. The molecule has 1 aromatic heterocycles. The molecule has 6 nitrogen and oxygen atoms in total. The summed E-state index contributed by atoms with van der Waals surface area (Å²) in [4.78, 5) is 8.97. The molecule has 2 aromatic rings. The Bertz CT molecular complexity index is 626. The molecule has 1 aromatic carbocycles. The second-order valence-electron chi connectivity index (χ2n) is 6.49. The van der Waals surface area contributed by atoms with Gasteiger partial charge < -0.3 is 14.5 Å². The van der Waals surface area contributed by atoms with E-state index in [1.54, 1.807) is 19.8 Å². The predicted octanol–water partition coefficient (Wildman–Crippen LogP) is 1.94. The number of piperazine rings is 1. The van der Waals surface area contributed by atoms with E-state index in [9.17, 15) is 0 Å². The average molecular weight is 366 g/mol. The minimum absolute atomic E-state index is 0. The summed E-state index contributed by atoms with van der Waals surface area (Å²) < 4.78 is 7.31. The lowest BCUT2D eigenvalue weighted by molar-refractivity contribution is 0.153. The Morgan fingerprint density at radius 3 is 2.64 bits per heavy atom. The maximum Gasteiger partial charge on any atom is 0.137 e. The zero-order valence-corrected chi connectivity index (χ0v) is 15.9. The van der Waals surface area contributed by atoms with Crippen molar-refractivity contribution in [1.29, 1.82) is 0 Å². The van der Waals surface area contributed by atoms with E-state index in [2.05, 4.69) is 45.1 Å². The Balaban J connectivity index is 0.00000225. The molecule has 0 spiro atoms. The zero-order valence-electron chi connectivity index (χ0n) is 15.1. The van der Waals surface area contributed by atoms with Crippen LogP contribution in [0.5, 0.6) is 5.75 Å². The number of ether oxygens (including phenoxy) is 1. The van der Waals surface area contributed by atoms with Crippen LogP contribution in [0.2, 0.25) is 0 Å². The highest BCUT2D eigenvalue weighted by molar-refractivity contribution is 5.85. The van der Waals surface area contributed by atoms with E-state index in [0.29, 0.717) is 6.54 Å². The van der Waals surface area contributed by atoms with Gasteiger partial charge in [0.1, 0.15) is 18.4 Å². The van der Waals surface area contributed by atoms with Gasteiger partial charge in [0.2, 0.25) is 0 Å². The number of benzene rings is 1. The fourth-order valence-corrected chi connectivity index (χ4v) is 3.18. The molecule has 25 heavy (non-hydrogen) atoms. The minimum Gasteiger partial charge on any atom is -0.496 e. The molecule has 0 saturated carbocycles. The Hall–Kier alpha value is -1.63. The van der Waals surface area contributed by atoms with E-state index < -0.39 is 0 Å². The van der Waals surface area contributed by atoms with Gasteiger partial charge in [0.15, 0.2) is 0 Å². The number of hydrogen-bond donors (Lipinski definition) is 0. The summed E-state index contributed by atoms with van der Waals surface area (Å²) >= 11 is 0. The van der Waals surface area contributed by atoms with Crippen LogP contribution in [0.1, 0.15) is 17.5 Å². The van der Waals surface area contributed by atoms with Gasteiger partial charge >= 0.3 is 0 Å². The first kappa shape index (κ1) is 19.7. The monoisotopic (exact) mass is 365 g/mol. The first-order chi connectivity index (χ1) is 11.7. The highest BCUT2D eigenvalue weighted by atomic mass is 35.5. The molecule has 1 saturated heterocycles. The molecule has 7 heteroatoms. The van der Waals surface area contributed by atoms with Crippen molar-refractivity contribution in [3.05, 3.63) is 42.0 Å². The van der Waals surface area contributed by atoms with Crippen LogP contribution in [-0.2, 0) is 13.0 Å². The molecular formula is C18H28ClN5O. The third-order valence-electron chi connectivity index (χ3n) is 4.68. The van der Waals surface area contributed by atoms with Gasteiger partial charge in [-0.3, -0.25) is 0 Å². The average Bonchev–Trinajstić information content (AvgIpc) is 3.10. The molecule has 0 aliphatic carbocycles. The van der Waals surface area contributed by atoms with E-state index in [-0.39, 0.29) is 12.4 Å². The molecule has 1 aliphatic heterocycles. The molecule has 0 radical (unpaired) electrons. The SMILES string of the molecule is COc1ccc(CCCN2CCN(C)CC2)cc1Cn1cncn1.Cl. The van der Waals surface area contributed by atoms with Gasteiger partial charge in [-0.1, -0.05) is 12.1 Å². The summed E-state index contributed by atoms with van der Waals surface area (Å²) in [5.41, 5.74) is 2.51. The Morgan fingerprint density at radius 2 is 1.96 bits per heavy atom. The number of halogens is 1.